The third kappa shape index (κ3) is 11.2. The highest BCUT2D eigenvalue weighted by Crippen LogP contribution is 2.22. The van der Waals surface area contributed by atoms with Gasteiger partial charge in [-0.3, -0.25) is 0 Å². The molecular formula is C34H35F3O8. The van der Waals surface area contributed by atoms with Crippen LogP contribution in [0.1, 0.15) is 22.3 Å². The van der Waals surface area contributed by atoms with Crippen LogP contribution in [0.3, 0.4) is 0 Å². The Morgan fingerprint density at radius 2 is 0.800 bits per heavy atom. The molecular weight excluding hydrogens is 593 g/mol. The first-order chi connectivity index (χ1) is 21.7. The summed E-state index contributed by atoms with van der Waals surface area (Å²) in [4.78, 5) is 0. The summed E-state index contributed by atoms with van der Waals surface area (Å²) >= 11 is 0. The second-order valence-corrected chi connectivity index (χ2v) is 10.4. The second-order valence-electron chi connectivity index (χ2n) is 10.4. The minimum atomic E-state index is -1.57. The molecule has 8 nitrogen and oxygen atoms in total. The van der Waals surface area contributed by atoms with E-state index in [0.717, 1.165) is 0 Å². The van der Waals surface area contributed by atoms with Crippen LogP contribution >= 0.6 is 0 Å². The topological polar surface area (TPSA) is 118 Å². The van der Waals surface area contributed by atoms with Gasteiger partial charge in [0, 0.05) is 6.07 Å². The first-order valence-corrected chi connectivity index (χ1v) is 14.2. The predicted molar refractivity (Wildman–Crippen MR) is 157 cm³/mol. The lowest BCUT2D eigenvalue weighted by Crippen LogP contribution is -2.49. The van der Waals surface area contributed by atoms with Crippen molar-refractivity contribution in [2.24, 2.45) is 0 Å². The van der Waals surface area contributed by atoms with Crippen LogP contribution in [-0.2, 0) is 45.4 Å². The van der Waals surface area contributed by atoms with Crippen molar-refractivity contribution in [2.45, 2.75) is 50.8 Å². The monoisotopic (exact) mass is 628 g/mol. The molecule has 0 aliphatic rings. The number of aromatic hydroxyl groups is 2. The lowest BCUT2D eigenvalue weighted by Gasteiger charge is -2.32. The number of benzene rings is 4. The zero-order chi connectivity index (χ0) is 32.2. The lowest BCUT2D eigenvalue weighted by molar-refractivity contribution is -0.170. The number of halogens is 3. The standard InChI is InChI=1S/C34H35F3O8/c35-26-7-1-22(2-8-26)16-42-20-31(44-18-23-3-9-27(36)10-4-23)33(40)34(41)32(45-19-24-5-11-28(37)12-6-24)21-43-17-25-13-29(38)15-30(39)14-25/h1-15,31-34,38-41H,16-21H2/t31-,32-,33-,34-/m1/s1. The van der Waals surface area contributed by atoms with Crippen LogP contribution in [0, 0.1) is 17.5 Å². The quantitative estimate of drug-likeness (QED) is 0.127. The van der Waals surface area contributed by atoms with Crippen molar-refractivity contribution in [3.05, 3.63) is 131 Å². The van der Waals surface area contributed by atoms with Gasteiger partial charge >= 0.3 is 0 Å². The molecule has 0 fully saturated rings. The van der Waals surface area contributed by atoms with E-state index in [2.05, 4.69) is 0 Å². The van der Waals surface area contributed by atoms with Crippen molar-refractivity contribution < 1.29 is 52.5 Å². The zero-order valence-corrected chi connectivity index (χ0v) is 24.3. The van der Waals surface area contributed by atoms with E-state index < -0.39 is 41.9 Å². The molecule has 4 aromatic carbocycles. The first kappa shape index (κ1) is 33.9. The van der Waals surface area contributed by atoms with Gasteiger partial charge in [-0.1, -0.05) is 36.4 Å². The fourth-order valence-corrected chi connectivity index (χ4v) is 4.40. The van der Waals surface area contributed by atoms with E-state index in [1.165, 1.54) is 78.9 Å². The first-order valence-electron chi connectivity index (χ1n) is 14.2. The Morgan fingerprint density at radius 3 is 1.18 bits per heavy atom. The predicted octanol–water partition coefficient (Wildman–Crippen LogP) is 5.14. The molecule has 4 aromatic rings. The number of aliphatic hydroxyl groups excluding tert-OH is 2. The van der Waals surface area contributed by atoms with Crippen molar-refractivity contribution in [3.8, 4) is 11.5 Å². The molecule has 0 radical (unpaired) electrons. The molecule has 0 saturated carbocycles. The molecule has 4 atom stereocenters. The second kappa shape index (κ2) is 16.9. The Hall–Kier alpha value is -3.97. The number of ether oxygens (including phenoxy) is 4. The number of phenolic OH excluding ortho intramolecular Hbond substituents is 2. The fourth-order valence-electron chi connectivity index (χ4n) is 4.40. The third-order valence-electron chi connectivity index (χ3n) is 6.84. The summed E-state index contributed by atoms with van der Waals surface area (Å²) in [6.45, 7) is -0.474. The van der Waals surface area contributed by atoms with E-state index in [1.807, 2.05) is 0 Å². The highest BCUT2D eigenvalue weighted by molar-refractivity contribution is 5.36. The molecule has 4 N–H and O–H groups in total. The minimum absolute atomic E-state index is 0.0345. The van der Waals surface area contributed by atoms with Gasteiger partial charge in [0.25, 0.3) is 0 Å². The molecule has 0 spiro atoms. The van der Waals surface area contributed by atoms with E-state index in [4.69, 9.17) is 18.9 Å². The van der Waals surface area contributed by atoms with Crippen LogP contribution in [0.5, 0.6) is 11.5 Å². The van der Waals surface area contributed by atoms with E-state index >= 15 is 0 Å². The zero-order valence-electron chi connectivity index (χ0n) is 24.3. The number of phenols is 2. The Balaban J connectivity index is 1.46. The molecule has 240 valence electrons. The van der Waals surface area contributed by atoms with Crippen LogP contribution in [0.15, 0.2) is 91.0 Å². The molecule has 4 rings (SSSR count). The van der Waals surface area contributed by atoms with Gasteiger partial charge in [0.1, 0.15) is 53.4 Å². The average molecular weight is 629 g/mol. The van der Waals surface area contributed by atoms with Crippen molar-refractivity contribution >= 4 is 0 Å². The van der Waals surface area contributed by atoms with Gasteiger partial charge in [0.2, 0.25) is 0 Å². The van der Waals surface area contributed by atoms with Gasteiger partial charge in [0.05, 0.1) is 39.6 Å². The SMILES string of the molecule is Oc1cc(O)cc(COC[C@@H](OCc2ccc(F)cc2)[C@@H](O)[C@H](O)[C@@H](COCc2ccc(F)cc2)OCc2ccc(F)cc2)c1. The maximum Gasteiger partial charge on any atom is 0.123 e. The molecule has 0 heterocycles. The highest BCUT2D eigenvalue weighted by atomic mass is 19.1. The molecule has 0 aromatic heterocycles. The van der Waals surface area contributed by atoms with E-state index in [-0.39, 0.29) is 51.1 Å². The summed E-state index contributed by atoms with van der Waals surface area (Å²) in [6, 6.07) is 20.8. The van der Waals surface area contributed by atoms with Gasteiger partial charge < -0.3 is 39.4 Å². The third-order valence-corrected chi connectivity index (χ3v) is 6.84. The van der Waals surface area contributed by atoms with Gasteiger partial charge in [0.15, 0.2) is 0 Å². The van der Waals surface area contributed by atoms with Gasteiger partial charge in [-0.15, -0.1) is 0 Å². The molecule has 45 heavy (non-hydrogen) atoms. The van der Waals surface area contributed by atoms with E-state index in [0.29, 0.717) is 22.3 Å². The summed E-state index contributed by atoms with van der Waals surface area (Å²) in [5, 5.41) is 42.1. The summed E-state index contributed by atoms with van der Waals surface area (Å²) in [7, 11) is 0. The van der Waals surface area contributed by atoms with E-state index in [9.17, 15) is 33.6 Å². The van der Waals surface area contributed by atoms with Crippen molar-refractivity contribution in [1.82, 2.24) is 0 Å². The van der Waals surface area contributed by atoms with Crippen LogP contribution in [-0.4, -0.2) is 58.1 Å². The maximum atomic E-state index is 13.4. The maximum absolute atomic E-state index is 13.4. The largest absolute Gasteiger partial charge is 0.508 e. The molecule has 0 amide bonds. The molecule has 0 aliphatic heterocycles. The van der Waals surface area contributed by atoms with Crippen LogP contribution in [0.2, 0.25) is 0 Å². The average Bonchev–Trinajstić information content (AvgIpc) is 3.02. The van der Waals surface area contributed by atoms with Crippen molar-refractivity contribution in [2.75, 3.05) is 13.2 Å². The van der Waals surface area contributed by atoms with Crippen LogP contribution < -0.4 is 0 Å². The number of hydrogen-bond acceptors (Lipinski definition) is 8. The normalized spacial score (nSPS) is 14.2. The fraction of sp³-hybridized carbons (Fsp3) is 0.294. The Bertz CT molecular complexity index is 1430. The number of rotatable bonds is 17. The molecule has 0 saturated heterocycles. The van der Waals surface area contributed by atoms with Crippen LogP contribution in [0.4, 0.5) is 13.2 Å². The Kier molecular flexibility index (Phi) is 12.8. The van der Waals surface area contributed by atoms with Gasteiger partial charge in [-0.2, -0.15) is 0 Å². The number of hydrogen-bond donors (Lipinski definition) is 4. The summed E-state index contributed by atoms with van der Waals surface area (Å²) < 4.78 is 63.4. The molecule has 0 bridgehead atoms. The summed E-state index contributed by atoms with van der Waals surface area (Å²) in [5.41, 5.74) is 2.35. The van der Waals surface area contributed by atoms with E-state index in [1.54, 1.807) is 12.1 Å². The minimum Gasteiger partial charge on any atom is -0.508 e. The molecule has 0 aliphatic carbocycles. The number of aliphatic hydroxyl groups is 2. The molecule has 0 unspecified atom stereocenters. The van der Waals surface area contributed by atoms with Crippen molar-refractivity contribution in [3.63, 3.8) is 0 Å². The Morgan fingerprint density at radius 1 is 0.467 bits per heavy atom. The summed E-state index contributed by atoms with van der Waals surface area (Å²) in [6.07, 6.45) is -5.35. The van der Waals surface area contributed by atoms with Crippen LogP contribution in [0.25, 0.3) is 0 Å². The highest BCUT2D eigenvalue weighted by Gasteiger charge is 2.34. The van der Waals surface area contributed by atoms with Gasteiger partial charge in [-0.05, 0) is 70.8 Å². The Labute approximate surface area is 258 Å². The summed E-state index contributed by atoms with van der Waals surface area (Å²) in [5.74, 6) is -1.56. The molecule has 11 heteroatoms. The van der Waals surface area contributed by atoms with Crippen molar-refractivity contribution in [1.29, 1.82) is 0 Å². The van der Waals surface area contributed by atoms with Gasteiger partial charge in [-0.25, -0.2) is 13.2 Å². The smallest absolute Gasteiger partial charge is 0.123 e. The lowest BCUT2D eigenvalue weighted by atomic mass is 10.0.